The maximum Gasteiger partial charge on any atom is 0.217 e. The summed E-state index contributed by atoms with van der Waals surface area (Å²) >= 11 is 0. The summed E-state index contributed by atoms with van der Waals surface area (Å²) in [6.07, 6.45) is -12.4. The van der Waals surface area contributed by atoms with Crippen LogP contribution in [0.15, 0.2) is 0 Å². The van der Waals surface area contributed by atoms with Crippen LogP contribution in [-0.4, -0.2) is 105 Å². The Hall–Kier alpha value is -0.890. The first kappa shape index (κ1) is 20.4. The number of rotatable bonds is 4. The Bertz CT molecular complexity index is 465. The third-order valence-corrected chi connectivity index (χ3v) is 4.33. The maximum absolute atomic E-state index is 11.3. The third kappa shape index (κ3) is 4.27. The molecule has 0 saturated carbocycles. The monoisotopic (exact) mass is 367 g/mol. The molecule has 0 aliphatic carbocycles. The van der Waals surface area contributed by atoms with Crippen LogP contribution in [0.5, 0.6) is 0 Å². The molecule has 2 rings (SSSR count). The van der Waals surface area contributed by atoms with Gasteiger partial charge in [0.05, 0.1) is 12.7 Å². The minimum atomic E-state index is -1.62. The second-order valence-electron chi connectivity index (χ2n) is 6.25. The largest absolute Gasteiger partial charge is 0.394 e. The van der Waals surface area contributed by atoms with E-state index in [9.17, 15) is 35.4 Å². The van der Waals surface area contributed by atoms with Gasteiger partial charge < -0.3 is 50.2 Å². The molecule has 2 aliphatic heterocycles. The van der Waals surface area contributed by atoms with Crippen molar-refractivity contribution in [3.8, 4) is 0 Å². The van der Waals surface area contributed by atoms with Crippen molar-refractivity contribution in [2.75, 3.05) is 6.61 Å². The van der Waals surface area contributed by atoms with Gasteiger partial charge in [-0.05, 0) is 6.92 Å². The lowest BCUT2D eigenvalue weighted by Gasteiger charge is -2.45. The first-order valence-electron chi connectivity index (χ1n) is 7.92. The molecule has 2 saturated heterocycles. The number of ether oxygens (including phenoxy) is 3. The molecular formula is C14H25NO10. The molecule has 146 valence electrons. The van der Waals surface area contributed by atoms with E-state index in [-0.39, 0.29) is 0 Å². The highest BCUT2D eigenvalue weighted by molar-refractivity contribution is 5.73. The molecule has 1 amide bonds. The second-order valence-corrected chi connectivity index (χ2v) is 6.25. The number of aliphatic hydroxyl groups is 6. The number of carbonyl (C=O) groups excluding carboxylic acids is 1. The average Bonchev–Trinajstić information content (AvgIpc) is 2.56. The zero-order chi connectivity index (χ0) is 18.9. The van der Waals surface area contributed by atoms with E-state index in [1.165, 1.54) is 13.8 Å². The Balaban J connectivity index is 2.16. The Morgan fingerprint density at radius 3 is 2.16 bits per heavy atom. The fourth-order valence-electron chi connectivity index (χ4n) is 2.84. The van der Waals surface area contributed by atoms with Gasteiger partial charge in [-0.15, -0.1) is 0 Å². The molecule has 10 atom stereocenters. The van der Waals surface area contributed by atoms with E-state index >= 15 is 0 Å². The number of hydrogen-bond donors (Lipinski definition) is 7. The lowest BCUT2D eigenvalue weighted by molar-refractivity contribution is -0.359. The molecule has 0 spiro atoms. The summed E-state index contributed by atoms with van der Waals surface area (Å²) < 4.78 is 16.1. The standard InChI is InChI=1S/C14H25NO10/c1-4-8(18)11(21)12(22)14(23-4)25-13-7(15-5(2)17)10(20)9(19)6(3-16)24-13/h4,6-14,16,18-22H,3H2,1-2H3,(H,15,17)/t4-,6+,7+,8+,9+,10+,11+,12-,13?,14-/m0/s1. The van der Waals surface area contributed by atoms with Crippen LogP contribution in [0.4, 0.5) is 0 Å². The molecule has 25 heavy (non-hydrogen) atoms. The zero-order valence-corrected chi connectivity index (χ0v) is 13.8. The van der Waals surface area contributed by atoms with Gasteiger partial charge in [0.1, 0.15) is 42.7 Å². The smallest absolute Gasteiger partial charge is 0.217 e. The van der Waals surface area contributed by atoms with Gasteiger partial charge in [-0.3, -0.25) is 4.79 Å². The molecule has 0 aromatic rings. The van der Waals surface area contributed by atoms with Gasteiger partial charge in [0.25, 0.3) is 0 Å². The fraction of sp³-hybridized carbons (Fsp3) is 0.929. The van der Waals surface area contributed by atoms with Gasteiger partial charge in [0, 0.05) is 6.92 Å². The van der Waals surface area contributed by atoms with Crippen LogP contribution in [0.25, 0.3) is 0 Å². The molecule has 0 aromatic carbocycles. The number of hydrogen-bond acceptors (Lipinski definition) is 10. The predicted octanol–water partition coefficient (Wildman–Crippen LogP) is -4.23. The van der Waals surface area contributed by atoms with Gasteiger partial charge in [-0.2, -0.15) is 0 Å². The Morgan fingerprint density at radius 1 is 0.960 bits per heavy atom. The van der Waals surface area contributed by atoms with E-state index in [2.05, 4.69) is 5.32 Å². The zero-order valence-electron chi connectivity index (χ0n) is 13.8. The molecule has 0 bridgehead atoms. The van der Waals surface area contributed by atoms with Gasteiger partial charge in [-0.1, -0.05) is 0 Å². The van der Waals surface area contributed by atoms with Crippen LogP contribution in [0.3, 0.4) is 0 Å². The van der Waals surface area contributed by atoms with E-state index in [1.807, 2.05) is 0 Å². The van der Waals surface area contributed by atoms with E-state index in [0.29, 0.717) is 0 Å². The van der Waals surface area contributed by atoms with Crippen molar-refractivity contribution >= 4 is 5.91 Å². The van der Waals surface area contributed by atoms with Crippen molar-refractivity contribution in [1.82, 2.24) is 5.32 Å². The lowest BCUT2D eigenvalue weighted by Crippen LogP contribution is -2.66. The summed E-state index contributed by atoms with van der Waals surface area (Å²) in [6.45, 7) is 2.01. The molecule has 11 heteroatoms. The van der Waals surface area contributed by atoms with Gasteiger partial charge in [0.15, 0.2) is 12.6 Å². The summed E-state index contributed by atoms with van der Waals surface area (Å²) in [5, 5.41) is 61.2. The first-order chi connectivity index (χ1) is 11.7. The highest BCUT2D eigenvalue weighted by Crippen LogP contribution is 2.28. The van der Waals surface area contributed by atoms with Crippen molar-refractivity contribution in [2.24, 2.45) is 0 Å². The summed E-state index contributed by atoms with van der Waals surface area (Å²) in [4.78, 5) is 11.3. The van der Waals surface area contributed by atoms with Crippen LogP contribution < -0.4 is 5.32 Å². The number of amides is 1. The number of carbonyl (C=O) groups is 1. The third-order valence-electron chi connectivity index (χ3n) is 4.33. The summed E-state index contributed by atoms with van der Waals surface area (Å²) in [6, 6.07) is -1.22. The summed E-state index contributed by atoms with van der Waals surface area (Å²) in [5.41, 5.74) is 0. The topological polar surface area (TPSA) is 178 Å². The van der Waals surface area contributed by atoms with Gasteiger partial charge in [0.2, 0.25) is 5.91 Å². The van der Waals surface area contributed by atoms with Gasteiger partial charge in [-0.25, -0.2) is 0 Å². The lowest BCUT2D eigenvalue weighted by atomic mass is 9.96. The average molecular weight is 367 g/mol. The minimum absolute atomic E-state index is 0.537. The van der Waals surface area contributed by atoms with Crippen molar-refractivity contribution in [3.05, 3.63) is 0 Å². The quantitative estimate of drug-likeness (QED) is 0.257. The van der Waals surface area contributed by atoms with Crippen molar-refractivity contribution < 1.29 is 49.6 Å². The SMILES string of the molecule is CC(=O)N[C@H]1C(O[C@@H]2O[C@@H](C)[C@@H](O)[C@@H](O)[C@@H]2O)O[C@H](CO)[C@@H](O)[C@@H]1O. The van der Waals surface area contributed by atoms with E-state index in [4.69, 9.17) is 14.2 Å². The molecule has 0 aromatic heterocycles. The fourth-order valence-corrected chi connectivity index (χ4v) is 2.84. The normalized spacial score (nSPS) is 48.2. The maximum atomic E-state index is 11.3. The molecule has 1 unspecified atom stereocenters. The Labute approximate surface area is 143 Å². The molecular weight excluding hydrogens is 342 g/mol. The second kappa shape index (κ2) is 8.20. The van der Waals surface area contributed by atoms with Gasteiger partial charge >= 0.3 is 0 Å². The molecule has 7 N–H and O–H groups in total. The molecule has 0 radical (unpaired) electrons. The molecule has 2 fully saturated rings. The molecule has 2 heterocycles. The van der Waals surface area contributed by atoms with E-state index in [0.717, 1.165) is 0 Å². The Kier molecular flexibility index (Phi) is 6.70. The van der Waals surface area contributed by atoms with Crippen molar-refractivity contribution in [1.29, 1.82) is 0 Å². The first-order valence-corrected chi connectivity index (χ1v) is 7.92. The van der Waals surface area contributed by atoms with Crippen LogP contribution in [0, 0.1) is 0 Å². The summed E-state index contributed by atoms with van der Waals surface area (Å²) in [7, 11) is 0. The number of aliphatic hydroxyl groups excluding tert-OH is 6. The highest BCUT2D eigenvalue weighted by Gasteiger charge is 2.49. The van der Waals surface area contributed by atoms with Crippen molar-refractivity contribution in [3.63, 3.8) is 0 Å². The van der Waals surface area contributed by atoms with Crippen LogP contribution in [0.1, 0.15) is 13.8 Å². The van der Waals surface area contributed by atoms with Crippen LogP contribution >= 0.6 is 0 Å². The highest BCUT2D eigenvalue weighted by atomic mass is 16.8. The van der Waals surface area contributed by atoms with Crippen molar-refractivity contribution in [2.45, 2.75) is 75.2 Å². The van der Waals surface area contributed by atoms with E-state index in [1.54, 1.807) is 0 Å². The molecule has 11 nitrogen and oxygen atoms in total. The minimum Gasteiger partial charge on any atom is -0.394 e. The molecule has 2 aliphatic rings. The Morgan fingerprint density at radius 2 is 1.60 bits per heavy atom. The number of nitrogens with one attached hydrogen (secondary N) is 1. The van der Waals surface area contributed by atoms with E-state index < -0.39 is 73.9 Å². The van der Waals surface area contributed by atoms with Crippen LogP contribution in [-0.2, 0) is 19.0 Å². The predicted molar refractivity (Wildman–Crippen MR) is 78.8 cm³/mol. The van der Waals surface area contributed by atoms with Crippen LogP contribution in [0.2, 0.25) is 0 Å². The summed E-state index contributed by atoms with van der Waals surface area (Å²) in [5.74, 6) is -0.537.